The summed E-state index contributed by atoms with van der Waals surface area (Å²) in [5.74, 6) is 0. The second-order valence-corrected chi connectivity index (χ2v) is 6.15. The normalized spacial score (nSPS) is 23.1. The van der Waals surface area contributed by atoms with E-state index in [0.29, 0.717) is 10.8 Å². The molecular weight excluding hydrogens is 156 g/mol. The van der Waals surface area contributed by atoms with E-state index in [2.05, 4.69) is 27.7 Å². The molecule has 0 nitrogen and oxygen atoms in total. The van der Waals surface area contributed by atoms with Crippen LogP contribution in [0.5, 0.6) is 0 Å². The first kappa shape index (κ1) is 11.1. The Morgan fingerprint density at radius 1 is 1.00 bits per heavy atom. The van der Waals surface area contributed by atoms with Crippen molar-refractivity contribution >= 4 is 0 Å². The molecule has 1 saturated carbocycles. The molecule has 0 aliphatic heterocycles. The number of hydrogen-bond donors (Lipinski definition) is 0. The minimum absolute atomic E-state index is 0.521. The summed E-state index contributed by atoms with van der Waals surface area (Å²) in [4.78, 5) is 0. The van der Waals surface area contributed by atoms with Gasteiger partial charge < -0.3 is 0 Å². The van der Waals surface area contributed by atoms with Gasteiger partial charge in [-0.15, -0.1) is 0 Å². The van der Waals surface area contributed by atoms with Gasteiger partial charge in [0.2, 0.25) is 0 Å². The Morgan fingerprint density at radius 2 is 1.54 bits per heavy atom. The number of hydrogen-bond acceptors (Lipinski definition) is 0. The minimum Gasteiger partial charge on any atom is -0.0649 e. The number of rotatable bonds is 2. The second kappa shape index (κ2) is 4.02. The van der Waals surface area contributed by atoms with Crippen LogP contribution in [0.15, 0.2) is 0 Å². The van der Waals surface area contributed by atoms with Gasteiger partial charge in [-0.1, -0.05) is 53.4 Å². The van der Waals surface area contributed by atoms with E-state index in [9.17, 15) is 0 Å². The maximum atomic E-state index is 2.39. The zero-order chi connectivity index (χ0) is 9.95. The fourth-order valence-electron chi connectivity index (χ4n) is 3.08. The molecule has 0 heteroatoms. The summed E-state index contributed by atoms with van der Waals surface area (Å²) in [6.45, 7) is 9.55. The molecule has 13 heavy (non-hydrogen) atoms. The van der Waals surface area contributed by atoms with Crippen molar-refractivity contribution in [2.45, 2.75) is 72.6 Å². The molecule has 0 heterocycles. The van der Waals surface area contributed by atoms with Crippen molar-refractivity contribution in [1.82, 2.24) is 0 Å². The lowest BCUT2D eigenvalue weighted by Gasteiger charge is -2.41. The molecular formula is C13H26. The van der Waals surface area contributed by atoms with E-state index in [1.165, 1.54) is 44.9 Å². The van der Waals surface area contributed by atoms with Crippen molar-refractivity contribution in [2.75, 3.05) is 0 Å². The molecule has 0 atom stereocenters. The summed E-state index contributed by atoms with van der Waals surface area (Å²) in [6, 6.07) is 0. The van der Waals surface area contributed by atoms with Crippen molar-refractivity contribution in [3.05, 3.63) is 0 Å². The molecule has 0 spiro atoms. The molecule has 78 valence electrons. The lowest BCUT2D eigenvalue weighted by molar-refractivity contribution is 0.108. The van der Waals surface area contributed by atoms with E-state index in [1.54, 1.807) is 0 Å². The third-order valence-corrected chi connectivity index (χ3v) is 3.57. The van der Waals surface area contributed by atoms with Gasteiger partial charge in [-0.25, -0.2) is 0 Å². The first-order valence-electron chi connectivity index (χ1n) is 5.97. The second-order valence-electron chi connectivity index (χ2n) is 6.15. The Kier molecular flexibility index (Phi) is 3.43. The van der Waals surface area contributed by atoms with E-state index in [1.807, 2.05) is 0 Å². The predicted octanol–water partition coefficient (Wildman–Crippen LogP) is 4.78. The molecule has 0 unspecified atom stereocenters. The van der Waals surface area contributed by atoms with Crippen LogP contribution < -0.4 is 0 Å². The van der Waals surface area contributed by atoms with Gasteiger partial charge in [0.25, 0.3) is 0 Å². The highest BCUT2D eigenvalue weighted by Crippen LogP contribution is 2.46. The monoisotopic (exact) mass is 182 g/mol. The predicted molar refractivity (Wildman–Crippen MR) is 59.9 cm³/mol. The minimum atomic E-state index is 0.521. The summed E-state index contributed by atoms with van der Waals surface area (Å²) in [5, 5.41) is 0. The van der Waals surface area contributed by atoms with Crippen molar-refractivity contribution in [2.24, 2.45) is 10.8 Å². The third-order valence-electron chi connectivity index (χ3n) is 3.57. The molecule has 1 rings (SSSR count). The van der Waals surface area contributed by atoms with Gasteiger partial charge >= 0.3 is 0 Å². The first-order valence-corrected chi connectivity index (χ1v) is 5.97. The van der Waals surface area contributed by atoms with Crippen LogP contribution in [0.25, 0.3) is 0 Å². The van der Waals surface area contributed by atoms with E-state index in [4.69, 9.17) is 0 Å². The molecule has 0 aromatic heterocycles. The largest absolute Gasteiger partial charge is 0.0649 e. The van der Waals surface area contributed by atoms with Crippen LogP contribution in [-0.2, 0) is 0 Å². The van der Waals surface area contributed by atoms with Gasteiger partial charge in [0, 0.05) is 0 Å². The van der Waals surface area contributed by atoms with E-state index < -0.39 is 0 Å². The van der Waals surface area contributed by atoms with Crippen LogP contribution >= 0.6 is 0 Å². The van der Waals surface area contributed by atoms with E-state index in [-0.39, 0.29) is 0 Å². The summed E-state index contributed by atoms with van der Waals surface area (Å²) in [7, 11) is 0. The van der Waals surface area contributed by atoms with Crippen LogP contribution in [0, 0.1) is 10.8 Å². The summed E-state index contributed by atoms with van der Waals surface area (Å²) in [5.41, 5.74) is 1.23. The van der Waals surface area contributed by atoms with Gasteiger partial charge in [-0.05, 0) is 30.1 Å². The summed E-state index contributed by atoms with van der Waals surface area (Å²) >= 11 is 0. The van der Waals surface area contributed by atoms with Gasteiger partial charge in [0.05, 0.1) is 0 Å². The molecule has 0 amide bonds. The van der Waals surface area contributed by atoms with Crippen molar-refractivity contribution in [3.8, 4) is 0 Å². The van der Waals surface area contributed by atoms with Crippen LogP contribution in [0.2, 0.25) is 0 Å². The summed E-state index contributed by atoms with van der Waals surface area (Å²) < 4.78 is 0. The van der Waals surface area contributed by atoms with Gasteiger partial charge in [-0.2, -0.15) is 0 Å². The van der Waals surface area contributed by atoms with Gasteiger partial charge in [-0.3, -0.25) is 0 Å². The SMILES string of the molecule is CCC1(CC(C)(C)C)CCCCC1. The van der Waals surface area contributed by atoms with Crippen LogP contribution in [0.4, 0.5) is 0 Å². The highest BCUT2D eigenvalue weighted by atomic mass is 14.4. The molecule has 0 bridgehead atoms. The topological polar surface area (TPSA) is 0 Å². The van der Waals surface area contributed by atoms with Crippen molar-refractivity contribution < 1.29 is 0 Å². The maximum absolute atomic E-state index is 2.39. The molecule has 0 aromatic rings. The molecule has 1 fully saturated rings. The highest BCUT2D eigenvalue weighted by Gasteiger charge is 2.33. The van der Waals surface area contributed by atoms with Crippen LogP contribution in [-0.4, -0.2) is 0 Å². The molecule has 1 aliphatic rings. The van der Waals surface area contributed by atoms with Crippen molar-refractivity contribution in [3.63, 3.8) is 0 Å². The smallest absolute Gasteiger partial charge is 0.0295 e. The third kappa shape index (κ3) is 3.32. The fourth-order valence-corrected chi connectivity index (χ4v) is 3.08. The molecule has 0 N–H and O–H groups in total. The maximum Gasteiger partial charge on any atom is -0.0295 e. The average Bonchev–Trinajstić information content (AvgIpc) is 2.03. The Bertz CT molecular complexity index is 144. The van der Waals surface area contributed by atoms with Crippen LogP contribution in [0.1, 0.15) is 72.6 Å². The Labute approximate surface area is 84.1 Å². The zero-order valence-electron chi connectivity index (χ0n) is 9.95. The molecule has 0 radical (unpaired) electrons. The molecule has 0 saturated heterocycles. The first-order chi connectivity index (χ1) is 5.97. The van der Waals surface area contributed by atoms with E-state index in [0.717, 1.165) is 0 Å². The summed E-state index contributed by atoms with van der Waals surface area (Å²) in [6.07, 6.45) is 10.2. The van der Waals surface area contributed by atoms with Crippen molar-refractivity contribution in [1.29, 1.82) is 0 Å². The fraction of sp³-hybridized carbons (Fsp3) is 1.00. The molecule has 0 aromatic carbocycles. The Morgan fingerprint density at radius 3 is 1.92 bits per heavy atom. The van der Waals surface area contributed by atoms with Crippen LogP contribution in [0.3, 0.4) is 0 Å². The average molecular weight is 182 g/mol. The van der Waals surface area contributed by atoms with Gasteiger partial charge in [0.1, 0.15) is 0 Å². The highest BCUT2D eigenvalue weighted by molar-refractivity contribution is 4.85. The Balaban J connectivity index is 2.57. The van der Waals surface area contributed by atoms with E-state index >= 15 is 0 Å². The standard InChI is InChI=1S/C13H26/c1-5-13(11-12(2,3)4)9-7-6-8-10-13/h5-11H2,1-4H3. The van der Waals surface area contributed by atoms with Gasteiger partial charge in [0.15, 0.2) is 0 Å². The quantitative estimate of drug-likeness (QED) is 0.576. The Hall–Kier alpha value is 0. The molecule has 1 aliphatic carbocycles. The lowest BCUT2D eigenvalue weighted by atomic mass is 9.64. The zero-order valence-corrected chi connectivity index (χ0v) is 9.95. The lowest BCUT2D eigenvalue weighted by Crippen LogP contribution is -2.28.